The zero-order valence-corrected chi connectivity index (χ0v) is 26.7. The maximum atomic E-state index is 2.75. The van der Waals surface area contributed by atoms with E-state index in [1.54, 1.807) is 0 Å². The molecule has 2 unspecified atom stereocenters. The molecule has 0 aliphatic heterocycles. The van der Waals surface area contributed by atoms with Gasteiger partial charge in [0.05, 0.1) is 0 Å². The van der Waals surface area contributed by atoms with Gasteiger partial charge in [0.25, 0.3) is 0 Å². The van der Waals surface area contributed by atoms with Crippen LogP contribution in [-0.4, -0.2) is 6.13 Å². The van der Waals surface area contributed by atoms with Crippen molar-refractivity contribution in [3.63, 3.8) is 0 Å². The van der Waals surface area contributed by atoms with E-state index >= 15 is 0 Å². The Hall–Kier alpha value is 3.35. The fourth-order valence-electron chi connectivity index (χ4n) is 2.16. The summed E-state index contributed by atoms with van der Waals surface area (Å²) in [5.74, 6) is 0. The maximum absolute atomic E-state index is 2.75. The molecule has 0 rings (SSSR count). The van der Waals surface area contributed by atoms with Crippen LogP contribution in [0.25, 0.3) is 0 Å². The molecule has 2 atom stereocenters. The van der Waals surface area contributed by atoms with Crippen molar-refractivity contribution >= 4 is 93.3 Å². The smallest absolute Gasteiger partial charge is 0.104 e. The SMILES string of the molecule is CC(C)(C)[Si](I)(I)C(C)(C)C.CCC(C)[Si](I)(I)C(C)CC. The Kier molecular flexibility index (Phi) is 13.3. The molecule has 6 heteroatoms. The van der Waals surface area contributed by atoms with E-state index in [-0.39, 0.29) is 0 Å². The third-order valence-electron chi connectivity index (χ3n) is 4.42. The Bertz CT molecular complexity index is 289. The highest BCUT2D eigenvalue weighted by molar-refractivity contribution is 14.3. The van der Waals surface area contributed by atoms with Crippen LogP contribution in [-0.2, 0) is 0 Å². The molecule has 22 heavy (non-hydrogen) atoms. The van der Waals surface area contributed by atoms with E-state index in [4.69, 9.17) is 0 Å². The second-order valence-corrected chi connectivity index (χ2v) is 48.6. The van der Waals surface area contributed by atoms with Crippen molar-refractivity contribution < 1.29 is 0 Å². The molecule has 0 saturated carbocycles. The molecule has 0 aliphatic carbocycles. The van der Waals surface area contributed by atoms with Gasteiger partial charge in [0, 0.05) is 0 Å². The summed E-state index contributed by atoms with van der Waals surface area (Å²) in [5.41, 5.74) is 1.91. The summed E-state index contributed by atoms with van der Waals surface area (Å²) >= 11 is 10.9. The fourth-order valence-corrected chi connectivity index (χ4v) is 11.7. The van der Waals surface area contributed by atoms with E-state index in [9.17, 15) is 0 Å². The zero-order chi connectivity index (χ0) is 18.6. The predicted octanol–water partition coefficient (Wildman–Crippen LogP) is 9.80. The normalized spacial score (nSPS) is 16.6. The van der Waals surface area contributed by atoms with Gasteiger partial charge >= 0.3 is 0 Å². The van der Waals surface area contributed by atoms with E-state index in [1.807, 2.05) is 0 Å². The molecule has 0 amide bonds. The minimum Gasteiger partial charge on any atom is -0.104 e. The van der Waals surface area contributed by atoms with Crippen molar-refractivity contribution in [3.05, 3.63) is 0 Å². The molecule has 0 heterocycles. The Labute approximate surface area is 193 Å². The summed E-state index contributed by atoms with van der Waals surface area (Å²) in [6.07, 6.45) is 2.70. The van der Waals surface area contributed by atoms with Gasteiger partial charge in [-0.2, -0.15) is 0 Å². The quantitative estimate of drug-likeness (QED) is 0.151. The first-order valence-corrected chi connectivity index (χ1v) is 24.8. The summed E-state index contributed by atoms with van der Waals surface area (Å²) in [5, 5.41) is 0.985. The van der Waals surface area contributed by atoms with Crippen LogP contribution in [0.3, 0.4) is 0 Å². The van der Waals surface area contributed by atoms with Crippen LogP contribution in [0.5, 0.6) is 0 Å². The molecule has 0 aromatic heterocycles. The van der Waals surface area contributed by atoms with Crippen LogP contribution >= 0.6 is 87.2 Å². The molecule has 0 bridgehead atoms. The first-order valence-electron chi connectivity index (χ1n) is 8.22. The van der Waals surface area contributed by atoms with Crippen molar-refractivity contribution in [2.45, 2.75) is 103 Å². The van der Waals surface area contributed by atoms with Gasteiger partial charge in [0.15, 0.2) is 3.07 Å². The molecule has 0 saturated heterocycles. The van der Waals surface area contributed by atoms with Gasteiger partial charge in [0.1, 0.15) is 0 Å². The van der Waals surface area contributed by atoms with Crippen LogP contribution < -0.4 is 0 Å². The van der Waals surface area contributed by atoms with Crippen molar-refractivity contribution in [1.29, 1.82) is 0 Å². The molecule has 0 spiro atoms. The first-order chi connectivity index (χ1) is 9.46. The summed E-state index contributed by atoms with van der Waals surface area (Å²) in [6, 6.07) is 0. The third-order valence-corrected chi connectivity index (χ3v) is 43.8. The Morgan fingerprint density at radius 2 is 0.909 bits per heavy atom. The van der Waals surface area contributed by atoms with E-state index < -0.39 is 6.13 Å². The van der Waals surface area contributed by atoms with Gasteiger partial charge in [-0.05, 0) is 21.2 Å². The van der Waals surface area contributed by atoms with Gasteiger partial charge in [-0.3, -0.25) is 0 Å². The van der Waals surface area contributed by atoms with E-state index in [0.29, 0.717) is 10.1 Å². The Balaban J connectivity index is 0. The summed E-state index contributed by atoms with van der Waals surface area (Å²) in [6.45, 7) is 23.6. The van der Waals surface area contributed by atoms with Crippen LogP contribution in [0.2, 0.25) is 21.2 Å². The maximum Gasteiger partial charge on any atom is 0.202 e. The van der Waals surface area contributed by atoms with Gasteiger partial charge in [-0.1, -0.05) is 82.1 Å². The Morgan fingerprint density at radius 1 is 0.682 bits per heavy atom. The van der Waals surface area contributed by atoms with Crippen molar-refractivity contribution in [1.82, 2.24) is 0 Å². The second kappa shape index (κ2) is 10.6. The monoisotopic (exact) mass is 792 g/mol. The first kappa shape index (κ1) is 27.6. The largest absolute Gasteiger partial charge is 0.202 e. The molecule has 0 N–H and O–H groups in total. The van der Waals surface area contributed by atoms with Crippen LogP contribution in [0.15, 0.2) is 0 Å². The van der Waals surface area contributed by atoms with Crippen LogP contribution in [0, 0.1) is 0 Å². The lowest BCUT2D eigenvalue weighted by molar-refractivity contribution is 0.662. The van der Waals surface area contributed by atoms with Crippen molar-refractivity contribution in [2.75, 3.05) is 0 Å². The summed E-state index contributed by atoms with van der Waals surface area (Å²) in [4.78, 5) is 0. The third kappa shape index (κ3) is 8.36. The van der Waals surface area contributed by atoms with E-state index in [1.165, 1.54) is 12.8 Å². The highest BCUT2D eigenvalue weighted by Gasteiger charge is 2.49. The fraction of sp³-hybridized carbons (Fsp3) is 1.00. The van der Waals surface area contributed by atoms with Crippen LogP contribution in [0.4, 0.5) is 0 Å². The minimum absolute atomic E-state index is 0.492. The van der Waals surface area contributed by atoms with Gasteiger partial charge < -0.3 is 0 Å². The van der Waals surface area contributed by atoms with Crippen LogP contribution in [0.1, 0.15) is 82.1 Å². The topological polar surface area (TPSA) is 0 Å². The van der Waals surface area contributed by atoms with E-state index in [2.05, 4.69) is 156 Å². The van der Waals surface area contributed by atoms with Crippen molar-refractivity contribution in [2.24, 2.45) is 0 Å². The second-order valence-electron chi connectivity index (χ2n) is 8.37. The van der Waals surface area contributed by atoms with E-state index in [0.717, 1.165) is 11.1 Å². The molecular formula is C16H36I4Si2. The number of hydrogen-bond donors (Lipinski definition) is 0. The molecule has 0 aromatic rings. The lowest BCUT2D eigenvalue weighted by Gasteiger charge is -2.42. The molecule has 0 fully saturated rings. The number of halogens is 4. The lowest BCUT2D eigenvalue weighted by Crippen LogP contribution is -2.39. The average Bonchev–Trinajstić information content (AvgIpc) is 2.34. The van der Waals surface area contributed by atoms with Gasteiger partial charge in [-0.15, -0.1) is 87.2 Å². The molecule has 136 valence electrons. The summed E-state index contributed by atoms with van der Waals surface area (Å²) < 4.78 is -2.14. The minimum atomic E-state index is -1.17. The number of rotatable bonds is 4. The highest BCUT2D eigenvalue weighted by atomic mass is 127. The van der Waals surface area contributed by atoms with Gasteiger partial charge in [-0.25, -0.2) is 0 Å². The molecule has 0 aromatic carbocycles. The zero-order valence-electron chi connectivity index (χ0n) is 16.1. The number of hydrogen-bond acceptors (Lipinski definition) is 0. The summed E-state index contributed by atoms with van der Waals surface area (Å²) in [7, 11) is 0. The molecular weight excluding hydrogens is 756 g/mol. The molecule has 0 radical (unpaired) electrons. The highest BCUT2D eigenvalue weighted by Crippen LogP contribution is 2.58. The standard InChI is InChI=1S/2C8H18I2Si/c1-7(2,3)11(9,10)8(4,5)6;1-5-7(3)11(9,10)8(4)6-2/h1-6H3;7-8H,5-6H2,1-4H3. The average molecular weight is 792 g/mol. The molecule has 0 aliphatic rings. The Morgan fingerprint density at radius 3 is 1.00 bits per heavy atom. The molecule has 0 nitrogen and oxygen atoms in total. The van der Waals surface area contributed by atoms with Crippen molar-refractivity contribution in [3.8, 4) is 0 Å². The predicted molar refractivity (Wildman–Crippen MR) is 146 cm³/mol. The van der Waals surface area contributed by atoms with Gasteiger partial charge in [0.2, 0.25) is 3.07 Å². The lowest BCUT2D eigenvalue weighted by atomic mass is 10.2.